The van der Waals surface area contributed by atoms with Crippen molar-refractivity contribution >= 4 is 0 Å². The van der Waals surface area contributed by atoms with E-state index in [1.807, 2.05) is 0 Å². The number of aromatic amines is 1. The van der Waals surface area contributed by atoms with Crippen molar-refractivity contribution in [1.29, 1.82) is 0 Å². The van der Waals surface area contributed by atoms with Crippen LogP contribution in [0.1, 0.15) is 57.2 Å². The smallest absolute Gasteiger partial charge is 0.174 e. The van der Waals surface area contributed by atoms with E-state index in [0.29, 0.717) is 24.0 Å². The monoisotopic (exact) mass is 346 g/mol. The first-order valence-electron chi connectivity index (χ1n) is 10.0. The summed E-state index contributed by atoms with van der Waals surface area (Å²) >= 11 is 0. The van der Waals surface area contributed by atoms with E-state index in [2.05, 4.69) is 32.8 Å². The first kappa shape index (κ1) is 17.2. The highest BCUT2D eigenvalue weighted by molar-refractivity contribution is 5.00. The topological polar surface area (TPSA) is 72.9 Å². The molecule has 2 bridgehead atoms. The number of hydrogen-bond acceptors (Lipinski definition) is 5. The summed E-state index contributed by atoms with van der Waals surface area (Å²) in [5.74, 6) is 2.81. The molecular formula is C19H30N4O2. The molecule has 0 radical (unpaired) electrons. The van der Waals surface area contributed by atoms with E-state index < -0.39 is 0 Å². The quantitative estimate of drug-likeness (QED) is 0.696. The SMILES string of the molecule is C(=C/C[C@@H]1[C@H](COCC2CCCC2)[C@@H]2CC[C@H]1O2)/CCc1nn[nH]n1. The van der Waals surface area contributed by atoms with Gasteiger partial charge in [0.25, 0.3) is 0 Å². The van der Waals surface area contributed by atoms with E-state index >= 15 is 0 Å². The van der Waals surface area contributed by atoms with Gasteiger partial charge in [-0.15, -0.1) is 10.2 Å². The Morgan fingerprint density at radius 1 is 1.04 bits per heavy atom. The molecule has 1 saturated carbocycles. The summed E-state index contributed by atoms with van der Waals surface area (Å²) in [6.45, 7) is 1.85. The lowest BCUT2D eigenvalue weighted by molar-refractivity contribution is 0.0351. The van der Waals surface area contributed by atoms with Crippen LogP contribution in [0.25, 0.3) is 0 Å². The van der Waals surface area contributed by atoms with E-state index in [1.165, 1.54) is 38.5 Å². The zero-order valence-corrected chi connectivity index (χ0v) is 15.0. The minimum atomic E-state index is 0.436. The van der Waals surface area contributed by atoms with Crippen molar-refractivity contribution < 1.29 is 9.47 Å². The van der Waals surface area contributed by atoms with Gasteiger partial charge in [-0.25, -0.2) is 0 Å². The zero-order chi connectivity index (χ0) is 16.9. The maximum atomic E-state index is 6.19. The van der Waals surface area contributed by atoms with Crippen LogP contribution in [0.3, 0.4) is 0 Å². The first-order chi connectivity index (χ1) is 12.4. The van der Waals surface area contributed by atoms with Crippen molar-refractivity contribution in [2.45, 2.75) is 70.0 Å². The molecule has 25 heavy (non-hydrogen) atoms. The van der Waals surface area contributed by atoms with Crippen LogP contribution in [0.4, 0.5) is 0 Å². The van der Waals surface area contributed by atoms with Crippen molar-refractivity contribution in [1.82, 2.24) is 20.6 Å². The van der Waals surface area contributed by atoms with Crippen LogP contribution in [0.2, 0.25) is 0 Å². The standard InChI is InChI=1S/C19H30N4O2/c1(3-9-19-20-22-23-21-19)2-8-15-16(18-11-10-17(15)25-18)13-24-12-14-6-4-5-7-14/h1-2,14-18H,3-13H2,(H,20,21,22,23)/b2-1-/t15-,16+,17-,18+/m1/s1. The van der Waals surface area contributed by atoms with Gasteiger partial charge in [-0.2, -0.15) is 5.21 Å². The van der Waals surface area contributed by atoms with Crippen LogP contribution < -0.4 is 0 Å². The van der Waals surface area contributed by atoms with E-state index in [9.17, 15) is 0 Å². The molecule has 6 nitrogen and oxygen atoms in total. The fraction of sp³-hybridized carbons (Fsp3) is 0.842. The number of nitrogens with zero attached hydrogens (tertiary/aromatic N) is 3. The third kappa shape index (κ3) is 4.29. The second kappa shape index (κ2) is 8.41. The van der Waals surface area contributed by atoms with Crippen molar-refractivity contribution in [3.63, 3.8) is 0 Å². The molecule has 1 N–H and O–H groups in total. The molecule has 0 aromatic carbocycles. The largest absolute Gasteiger partial charge is 0.381 e. The molecule has 3 heterocycles. The minimum absolute atomic E-state index is 0.436. The second-order valence-electron chi connectivity index (χ2n) is 7.88. The minimum Gasteiger partial charge on any atom is -0.381 e. The van der Waals surface area contributed by atoms with Gasteiger partial charge in [-0.3, -0.25) is 0 Å². The predicted octanol–water partition coefficient (Wildman–Crippen LogP) is 3.08. The number of tetrazole rings is 1. The lowest BCUT2D eigenvalue weighted by Gasteiger charge is -2.27. The highest BCUT2D eigenvalue weighted by Crippen LogP contribution is 2.45. The van der Waals surface area contributed by atoms with Crippen LogP contribution in [-0.4, -0.2) is 46.0 Å². The van der Waals surface area contributed by atoms with Gasteiger partial charge >= 0.3 is 0 Å². The number of aryl methyl sites for hydroxylation is 1. The van der Waals surface area contributed by atoms with Gasteiger partial charge < -0.3 is 9.47 Å². The Labute approximate surface area is 149 Å². The molecule has 4 atom stereocenters. The molecule has 0 spiro atoms. The summed E-state index contributed by atoms with van der Waals surface area (Å²) in [6, 6.07) is 0. The van der Waals surface area contributed by atoms with E-state index in [4.69, 9.17) is 9.47 Å². The number of aromatic nitrogens is 4. The summed E-state index contributed by atoms with van der Waals surface area (Å²) in [5.41, 5.74) is 0. The summed E-state index contributed by atoms with van der Waals surface area (Å²) < 4.78 is 12.3. The summed E-state index contributed by atoms with van der Waals surface area (Å²) in [5, 5.41) is 14.0. The average Bonchev–Trinajstić information content (AvgIpc) is 3.41. The van der Waals surface area contributed by atoms with Crippen LogP contribution in [0.15, 0.2) is 12.2 Å². The Hall–Kier alpha value is -1.27. The molecule has 1 aromatic rings. The molecule has 6 heteroatoms. The Morgan fingerprint density at radius 2 is 1.88 bits per heavy atom. The van der Waals surface area contributed by atoms with Crippen molar-refractivity contribution in [2.24, 2.45) is 17.8 Å². The maximum absolute atomic E-state index is 6.19. The number of H-pyrrole nitrogens is 1. The number of allylic oxidation sites excluding steroid dienone is 2. The second-order valence-corrected chi connectivity index (χ2v) is 7.88. The summed E-state index contributed by atoms with van der Waals surface area (Å²) in [4.78, 5) is 0. The van der Waals surface area contributed by atoms with Gasteiger partial charge in [-0.05, 0) is 50.4 Å². The molecular weight excluding hydrogens is 316 g/mol. The molecule has 0 amide bonds. The fourth-order valence-electron chi connectivity index (χ4n) is 4.85. The molecule has 3 aliphatic rings. The third-order valence-corrected chi connectivity index (χ3v) is 6.23. The Morgan fingerprint density at radius 3 is 2.68 bits per heavy atom. The van der Waals surface area contributed by atoms with Gasteiger partial charge in [0.1, 0.15) is 0 Å². The van der Waals surface area contributed by atoms with Crippen LogP contribution in [0.5, 0.6) is 0 Å². The average molecular weight is 346 g/mol. The van der Waals surface area contributed by atoms with Crippen LogP contribution in [-0.2, 0) is 15.9 Å². The third-order valence-electron chi connectivity index (χ3n) is 6.23. The molecule has 3 fully saturated rings. The van der Waals surface area contributed by atoms with Gasteiger partial charge in [0.15, 0.2) is 5.82 Å². The first-order valence-corrected chi connectivity index (χ1v) is 10.0. The van der Waals surface area contributed by atoms with Crippen LogP contribution in [0, 0.1) is 17.8 Å². The van der Waals surface area contributed by atoms with Crippen LogP contribution >= 0.6 is 0 Å². The van der Waals surface area contributed by atoms with E-state index in [1.54, 1.807) is 0 Å². The van der Waals surface area contributed by atoms with Gasteiger partial charge in [-0.1, -0.05) is 30.2 Å². The maximum Gasteiger partial charge on any atom is 0.174 e. The van der Waals surface area contributed by atoms with E-state index in [0.717, 1.165) is 44.2 Å². The number of ether oxygens (including phenoxy) is 2. The Bertz CT molecular complexity index is 542. The number of nitrogens with one attached hydrogen (secondary N) is 1. The van der Waals surface area contributed by atoms with Gasteiger partial charge in [0, 0.05) is 18.9 Å². The Kier molecular flexibility index (Phi) is 5.77. The van der Waals surface area contributed by atoms with Gasteiger partial charge in [0.05, 0.1) is 18.8 Å². The summed E-state index contributed by atoms with van der Waals surface area (Å²) in [7, 11) is 0. The predicted molar refractivity (Wildman–Crippen MR) is 93.9 cm³/mol. The highest BCUT2D eigenvalue weighted by atomic mass is 16.5. The molecule has 2 aliphatic heterocycles. The van der Waals surface area contributed by atoms with Crippen molar-refractivity contribution in [2.75, 3.05) is 13.2 Å². The lowest BCUT2D eigenvalue weighted by atomic mass is 9.78. The Balaban J connectivity index is 1.21. The summed E-state index contributed by atoms with van der Waals surface area (Å²) in [6.07, 6.45) is 16.3. The number of rotatable bonds is 9. The van der Waals surface area contributed by atoms with Gasteiger partial charge in [0.2, 0.25) is 0 Å². The molecule has 4 rings (SSSR count). The normalized spacial score (nSPS) is 32.3. The lowest BCUT2D eigenvalue weighted by Crippen LogP contribution is -2.31. The molecule has 0 unspecified atom stereocenters. The molecule has 138 valence electrons. The fourth-order valence-corrected chi connectivity index (χ4v) is 4.85. The number of hydrogen-bond donors (Lipinski definition) is 1. The van der Waals surface area contributed by atoms with Crippen molar-refractivity contribution in [3.8, 4) is 0 Å². The zero-order valence-electron chi connectivity index (χ0n) is 15.0. The molecule has 1 aliphatic carbocycles. The number of fused-ring (bicyclic) bond motifs is 2. The highest BCUT2D eigenvalue weighted by Gasteiger charge is 2.48. The molecule has 2 saturated heterocycles. The van der Waals surface area contributed by atoms with Crippen molar-refractivity contribution in [3.05, 3.63) is 18.0 Å². The van der Waals surface area contributed by atoms with E-state index in [-0.39, 0.29) is 0 Å². The molecule has 1 aromatic heterocycles.